The molecule has 0 fully saturated rings. The average Bonchev–Trinajstić information content (AvgIpc) is 2.62. The number of methoxy groups -OCH3 is 1. The third kappa shape index (κ3) is 6.63. The Morgan fingerprint density at radius 2 is 1.56 bits per heavy atom. The van der Waals surface area contributed by atoms with Gasteiger partial charge >= 0.3 is 0 Å². The first-order chi connectivity index (χ1) is 12.1. The van der Waals surface area contributed by atoms with E-state index in [-0.39, 0.29) is 30.6 Å². The van der Waals surface area contributed by atoms with E-state index in [0.29, 0.717) is 18.5 Å². The van der Waals surface area contributed by atoms with Gasteiger partial charge in [-0.15, -0.1) is 0 Å². The normalized spacial score (nSPS) is 10.2. The number of rotatable bonds is 8. The second kappa shape index (κ2) is 9.42. The lowest BCUT2D eigenvalue weighted by Gasteiger charge is -2.08. The van der Waals surface area contributed by atoms with Gasteiger partial charge in [0.05, 0.1) is 20.1 Å². The van der Waals surface area contributed by atoms with Crippen LogP contribution in [0.4, 0.5) is 4.39 Å². The van der Waals surface area contributed by atoms with Gasteiger partial charge in [0, 0.05) is 6.54 Å². The maximum atomic E-state index is 12.8. The largest absolute Gasteiger partial charge is 0.497 e. The molecule has 0 bridgehead atoms. The molecule has 2 rings (SSSR count). The molecule has 0 aliphatic heterocycles. The number of hydrogen-bond acceptors (Lipinski definition) is 3. The molecule has 6 heteroatoms. The molecule has 0 saturated carbocycles. The molecule has 0 atom stereocenters. The Balaban J connectivity index is 1.64. The van der Waals surface area contributed by atoms with Crippen molar-refractivity contribution < 1.29 is 18.7 Å². The number of ether oxygens (including phenoxy) is 1. The Hall–Kier alpha value is -2.89. The van der Waals surface area contributed by atoms with Crippen LogP contribution in [0.3, 0.4) is 0 Å². The van der Waals surface area contributed by atoms with E-state index in [2.05, 4.69) is 10.6 Å². The van der Waals surface area contributed by atoms with Crippen LogP contribution in [0.25, 0.3) is 0 Å². The fourth-order valence-corrected chi connectivity index (χ4v) is 2.23. The second-order valence-electron chi connectivity index (χ2n) is 5.53. The van der Waals surface area contributed by atoms with Gasteiger partial charge in [0.2, 0.25) is 11.8 Å². The highest BCUT2D eigenvalue weighted by molar-refractivity contribution is 5.85. The van der Waals surface area contributed by atoms with Crippen LogP contribution < -0.4 is 15.4 Å². The molecule has 0 aromatic heterocycles. The van der Waals surface area contributed by atoms with E-state index in [1.165, 1.54) is 12.1 Å². The monoisotopic (exact) mass is 344 g/mol. The molecule has 0 unspecified atom stereocenters. The average molecular weight is 344 g/mol. The lowest BCUT2D eigenvalue weighted by atomic mass is 10.1. The van der Waals surface area contributed by atoms with E-state index in [9.17, 15) is 14.0 Å². The van der Waals surface area contributed by atoms with Crippen molar-refractivity contribution >= 4 is 11.8 Å². The summed E-state index contributed by atoms with van der Waals surface area (Å²) in [5, 5.41) is 5.30. The van der Waals surface area contributed by atoms with Crippen molar-refractivity contribution in [3.63, 3.8) is 0 Å². The van der Waals surface area contributed by atoms with Gasteiger partial charge in [-0.3, -0.25) is 9.59 Å². The maximum Gasteiger partial charge on any atom is 0.239 e. The summed E-state index contributed by atoms with van der Waals surface area (Å²) in [6.45, 7) is 0.404. The first-order valence-corrected chi connectivity index (χ1v) is 7.97. The van der Waals surface area contributed by atoms with Gasteiger partial charge in [0.1, 0.15) is 11.6 Å². The minimum absolute atomic E-state index is 0.0807. The van der Waals surface area contributed by atoms with E-state index in [1.807, 2.05) is 24.3 Å². The predicted octanol–water partition coefficient (Wildman–Crippen LogP) is 1.85. The predicted molar refractivity (Wildman–Crippen MR) is 92.8 cm³/mol. The molecule has 25 heavy (non-hydrogen) atoms. The minimum atomic E-state index is -0.347. The highest BCUT2D eigenvalue weighted by Gasteiger charge is 2.06. The first kappa shape index (κ1) is 18.4. The Bertz CT molecular complexity index is 700. The Kier molecular flexibility index (Phi) is 6.95. The third-order valence-corrected chi connectivity index (χ3v) is 3.62. The van der Waals surface area contributed by atoms with E-state index in [4.69, 9.17) is 4.74 Å². The number of carbonyl (C=O) groups excluding carboxylic acids is 2. The van der Waals surface area contributed by atoms with Crippen LogP contribution in [0.5, 0.6) is 5.75 Å². The standard InChI is InChI=1S/C19H21FN2O3/c1-25-17-8-4-14(5-9-17)10-11-21-19(24)13-22-18(23)12-15-2-6-16(20)7-3-15/h2-9H,10-13H2,1H3,(H,21,24)(H,22,23). The quantitative estimate of drug-likeness (QED) is 0.768. The van der Waals surface area contributed by atoms with Crippen LogP contribution in [-0.2, 0) is 22.4 Å². The number of benzene rings is 2. The molecule has 2 amide bonds. The van der Waals surface area contributed by atoms with Crippen molar-refractivity contribution in [1.29, 1.82) is 0 Å². The summed E-state index contributed by atoms with van der Waals surface area (Å²) in [6.07, 6.45) is 0.804. The summed E-state index contributed by atoms with van der Waals surface area (Å²) in [5.41, 5.74) is 1.78. The zero-order chi connectivity index (χ0) is 18.1. The molecule has 0 saturated heterocycles. The highest BCUT2D eigenvalue weighted by Crippen LogP contribution is 2.11. The van der Waals surface area contributed by atoms with Crippen LogP contribution in [0.2, 0.25) is 0 Å². The van der Waals surface area contributed by atoms with Gasteiger partial charge in [0.15, 0.2) is 0 Å². The molecule has 2 aromatic carbocycles. The fraction of sp³-hybridized carbons (Fsp3) is 0.263. The van der Waals surface area contributed by atoms with Gasteiger partial charge in [-0.25, -0.2) is 4.39 Å². The molecule has 5 nitrogen and oxygen atoms in total. The molecule has 2 N–H and O–H groups in total. The minimum Gasteiger partial charge on any atom is -0.497 e. The summed E-state index contributed by atoms with van der Waals surface area (Å²) in [5.74, 6) is -0.0880. The summed E-state index contributed by atoms with van der Waals surface area (Å²) < 4.78 is 17.9. The number of carbonyl (C=O) groups is 2. The molecular weight excluding hydrogens is 323 g/mol. The van der Waals surface area contributed by atoms with Crippen LogP contribution in [-0.4, -0.2) is 32.0 Å². The highest BCUT2D eigenvalue weighted by atomic mass is 19.1. The Morgan fingerprint density at radius 3 is 2.20 bits per heavy atom. The van der Waals surface area contributed by atoms with Gasteiger partial charge in [-0.05, 0) is 41.8 Å². The molecule has 0 aliphatic carbocycles. The van der Waals surface area contributed by atoms with Crippen LogP contribution >= 0.6 is 0 Å². The first-order valence-electron chi connectivity index (χ1n) is 7.97. The van der Waals surface area contributed by atoms with Crippen molar-refractivity contribution in [1.82, 2.24) is 10.6 Å². The lowest BCUT2D eigenvalue weighted by Crippen LogP contribution is -2.38. The number of halogens is 1. The smallest absolute Gasteiger partial charge is 0.239 e. The van der Waals surface area contributed by atoms with E-state index in [0.717, 1.165) is 11.3 Å². The maximum absolute atomic E-state index is 12.8. The molecule has 0 spiro atoms. The topological polar surface area (TPSA) is 67.4 Å². The van der Waals surface area contributed by atoms with Crippen molar-refractivity contribution in [2.24, 2.45) is 0 Å². The molecular formula is C19H21FN2O3. The third-order valence-electron chi connectivity index (χ3n) is 3.62. The zero-order valence-corrected chi connectivity index (χ0v) is 14.0. The fourth-order valence-electron chi connectivity index (χ4n) is 2.23. The van der Waals surface area contributed by atoms with E-state index < -0.39 is 0 Å². The van der Waals surface area contributed by atoms with Crippen LogP contribution in [0.1, 0.15) is 11.1 Å². The number of nitrogens with one attached hydrogen (secondary N) is 2. The summed E-state index contributed by atoms with van der Waals surface area (Å²) in [6, 6.07) is 13.3. The molecule has 132 valence electrons. The van der Waals surface area contributed by atoms with Gasteiger partial charge < -0.3 is 15.4 Å². The molecule has 0 aliphatic rings. The zero-order valence-electron chi connectivity index (χ0n) is 14.0. The molecule has 2 aromatic rings. The van der Waals surface area contributed by atoms with Crippen LogP contribution in [0.15, 0.2) is 48.5 Å². The van der Waals surface area contributed by atoms with Gasteiger partial charge in [-0.2, -0.15) is 0 Å². The SMILES string of the molecule is COc1ccc(CCNC(=O)CNC(=O)Cc2ccc(F)cc2)cc1. The summed E-state index contributed by atoms with van der Waals surface area (Å²) in [4.78, 5) is 23.5. The van der Waals surface area contributed by atoms with E-state index >= 15 is 0 Å². The second-order valence-corrected chi connectivity index (χ2v) is 5.53. The van der Waals surface area contributed by atoms with Gasteiger partial charge in [-0.1, -0.05) is 24.3 Å². The van der Waals surface area contributed by atoms with Crippen molar-refractivity contribution in [2.45, 2.75) is 12.8 Å². The summed E-state index contributed by atoms with van der Waals surface area (Å²) in [7, 11) is 1.61. The van der Waals surface area contributed by atoms with Crippen molar-refractivity contribution in [2.75, 3.05) is 20.2 Å². The lowest BCUT2D eigenvalue weighted by molar-refractivity contribution is -0.125. The van der Waals surface area contributed by atoms with Gasteiger partial charge in [0.25, 0.3) is 0 Å². The molecule has 0 heterocycles. The van der Waals surface area contributed by atoms with Crippen LogP contribution in [0, 0.1) is 5.82 Å². The summed E-state index contributed by atoms with van der Waals surface area (Å²) >= 11 is 0. The number of hydrogen-bond donors (Lipinski definition) is 2. The van der Waals surface area contributed by atoms with Crippen molar-refractivity contribution in [3.05, 3.63) is 65.5 Å². The van der Waals surface area contributed by atoms with E-state index in [1.54, 1.807) is 19.2 Å². The van der Waals surface area contributed by atoms with Crippen molar-refractivity contribution in [3.8, 4) is 5.75 Å². The Morgan fingerprint density at radius 1 is 0.920 bits per heavy atom. The molecule has 0 radical (unpaired) electrons. The Labute approximate surface area is 146 Å². The number of amides is 2.